The lowest BCUT2D eigenvalue weighted by Gasteiger charge is -2.10. The van der Waals surface area contributed by atoms with E-state index in [2.05, 4.69) is 21.2 Å². The molecule has 1 N–H and O–H groups in total. The maximum absolute atomic E-state index is 12.3. The largest absolute Gasteiger partial charge is 0.493 e. The van der Waals surface area contributed by atoms with Gasteiger partial charge in [-0.15, -0.1) is 0 Å². The van der Waals surface area contributed by atoms with Crippen molar-refractivity contribution in [1.82, 2.24) is 0 Å². The number of carbonyl (C=O) groups excluding carboxylic acids is 1. The number of rotatable bonds is 5. The van der Waals surface area contributed by atoms with E-state index in [4.69, 9.17) is 9.47 Å². The standard InChI is InChI=1S/C19H17BrN2O3/c1-12-4-6-15(7-5-12)22-19(23)14(11-21)8-13-9-17(24-2)18(25-3)10-16(13)20/h4-10H,1-3H3,(H,22,23)/b14-8+. The van der Waals surface area contributed by atoms with E-state index < -0.39 is 5.91 Å². The average Bonchev–Trinajstić information content (AvgIpc) is 2.62. The quantitative estimate of drug-likeness (QED) is 0.599. The zero-order chi connectivity index (χ0) is 18.4. The molecule has 2 rings (SSSR count). The normalized spacial score (nSPS) is 10.8. The first-order valence-electron chi connectivity index (χ1n) is 7.39. The molecule has 2 aromatic carbocycles. The van der Waals surface area contributed by atoms with Crippen LogP contribution in [0.25, 0.3) is 6.08 Å². The van der Waals surface area contributed by atoms with Gasteiger partial charge in [0.25, 0.3) is 5.91 Å². The highest BCUT2D eigenvalue weighted by molar-refractivity contribution is 9.10. The van der Waals surface area contributed by atoms with Gasteiger partial charge in [0.05, 0.1) is 14.2 Å². The van der Waals surface area contributed by atoms with Gasteiger partial charge in [-0.3, -0.25) is 4.79 Å². The summed E-state index contributed by atoms with van der Waals surface area (Å²) in [6.07, 6.45) is 1.50. The SMILES string of the molecule is COc1cc(Br)c(/C=C(\C#N)C(=O)Nc2ccc(C)cc2)cc1OC. The Morgan fingerprint density at radius 2 is 1.76 bits per heavy atom. The summed E-state index contributed by atoms with van der Waals surface area (Å²) in [5, 5.41) is 12.1. The molecule has 6 heteroatoms. The molecule has 5 nitrogen and oxygen atoms in total. The van der Waals surface area contributed by atoms with Gasteiger partial charge in [-0.2, -0.15) is 5.26 Å². The number of hydrogen-bond acceptors (Lipinski definition) is 4. The Morgan fingerprint density at radius 3 is 2.32 bits per heavy atom. The minimum Gasteiger partial charge on any atom is -0.493 e. The smallest absolute Gasteiger partial charge is 0.266 e. The molecule has 0 spiro atoms. The number of halogens is 1. The number of methoxy groups -OCH3 is 2. The second-order valence-corrected chi connectivity index (χ2v) is 6.07. The lowest BCUT2D eigenvalue weighted by molar-refractivity contribution is -0.112. The van der Waals surface area contributed by atoms with Crippen LogP contribution in [0.15, 0.2) is 46.4 Å². The average molecular weight is 401 g/mol. The molecule has 0 unspecified atom stereocenters. The van der Waals surface area contributed by atoms with Crippen molar-refractivity contribution in [2.24, 2.45) is 0 Å². The highest BCUT2D eigenvalue weighted by Crippen LogP contribution is 2.34. The molecule has 0 aliphatic carbocycles. The van der Waals surface area contributed by atoms with Crippen LogP contribution in [0.4, 0.5) is 5.69 Å². The Hall–Kier alpha value is -2.78. The van der Waals surface area contributed by atoms with E-state index in [1.165, 1.54) is 20.3 Å². The van der Waals surface area contributed by atoms with Crippen molar-refractivity contribution in [3.63, 3.8) is 0 Å². The molecule has 1 amide bonds. The Labute approximate surface area is 155 Å². The first kappa shape index (κ1) is 18.6. The summed E-state index contributed by atoms with van der Waals surface area (Å²) < 4.78 is 11.2. The van der Waals surface area contributed by atoms with Gasteiger partial charge in [0.1, 0.15) is 11.6 Å². The van der Waals surface area contributed by atoms with Crippen molar-refractivity contribution >= 4 is 33.6 Å². The number of ether oxygens (including phenoxy) is 2. The number of carbonyl (C=O) groups is 1. The number of amides is 1. The zero-order valence-corrected chi connectivity index (χ0v) is 15.7. The third kappa shape index (κ3) is 4.61. The molecule has 0 aliphatic rings. The van der Waals surface area contributed by atoms with Crippen molar-refractivity contribution in [3.05, 3.63) is 57.6 Å². The second kappa shape index (κ2) is 8.36. The topological polar surface area (TPSA) is 71.3 Å². The Bertz CT molecular complexity index is 852. The van der Waals surface area contributed by atoms with E-state index >= 15 is 0 Å². The highest BCUT2D eigenvalue weighted by atomic mass is 79.9. The number of anilines is 1. The number of aryl methyl sites for hydroxylation is 1. The lowest BCUT2D eigenvalue weighted by Crippen LogP contribution is -2.13. The van der Waals surface area contributed by atoms with Gasteiger partial charge in [-0.1, -0.05) is 33.6 Å². The van der Waals surface area contributed by atoms with E-state index in [1.807, 2.05) is 25.1 Å². The molecular weight excluding hydrogens is 384 g/mol. The summed E-state index contributed by atoms with van der Waals surface area (Å²) in [4.78, 5) is 12.3. The van der Waals surface area contributed by atoms with Gasteiger partial charge < -0.3 is 14.8 Å². The maximum Gasteiger partial charge on any atom is 0.266 e. The molecule has 0 atom stereocenters. The molecule has 0 aliphatic heterocycles. The summed E-state index contributed by atoms with van der Waals surface area (Å²) in [6, 6.07) is 12.7. The van der Waals surface area contributed by atoms with E-state index in [-0.39, 0.29) is 5.57 Å². The molecule has 2 aromatic rings. The van der Waals surface area contributed by atoms with Crippen molar-refractivity contribution in [3.8, 4) is 17.6 Å². The van der Waals surface area contributed by atoms with Crippen molar-refractivity contribution < 1.29 is 14.3 Å². The molecule has 128 valence electrons. The number of benzene rings is 2. The fraction of sp³-hybridized carbons (Fsp3) is 0.158. The molecule has 0 bridgehead atoms. The Morgan fingerprint density at radius 1 is 1.16 bits per heavy atom. The van der Waals surface area contributed by atoms with E-state index in [1.54, 1.807) is 24.3 Å². The molecule has 0 saturated carbocycles. The highest BCUT2D eigenvalue weighted by Gasteiger charge is 2.13. The van der Waals surface area contributed by atoms with Crippen molar-refractivity contribution in [2.45, 2.75) is 6.92 Å². The van der Waals surface area contributed by atoms with E-state index in [9.17, 15) is 10.1 Å². The number of nitrogens with zero attached hydrogens (tertiary/aromatic N) is 1. The van der Waals surface area contributed by atoms with Gasteiger partial charge >= 0.3 is 0 Å². The predicted molar refractivity (Wildman–Crippen MR) is 101 cm³/mol. The summed E-state index contributed by atoms with van der Waals surface area (Å²) in [5.74, 6) is 0.579. The van der Waals surface area contributed by atoms with Crippen LogP contribution in [0.1, 0.15) is 11.1 Å². The zero-order valence-electron chi connectivity index (χ0n) is 14.1. The molecular formula is C19H17BrN2O3. The lowest BCUT2D eigenvalue weighted by atomic mass is 10.1. The second-order valence-electron chi connectivity index (χ2n) is 5.22. The summed E-state index contributed by atoms with van der Waals surface area (Å²) in [5.41, 5.74) is 2.33. The fourth-order valence-corrected chi connectivity index (χ4v) is 2.56. The van der Waals surface area contributed by atoms with Crippen molar-refractivity contribution in [2.75, 3.05) is 19.5 Å². The van der Waals surface area contributed by atoms with Crippen LogP contribution in [-0.2, 0) is 4.79 Å². The van der Waals surface area contributed by atoms with E-state index in [0.717, 1.165) is 5.56 Å². The fourth-order valence-electron chi connectivity index (χ4n) is 2.12. The number of nitrogens with one attached hydrogen (secondary N) is 1. The van der Waals surface area contributed by atoms with Crippen molar-refractivity contribution in [1.29, 1.82) is 5.26 Å². The Kier molecular flexibility index (Phi) is 6.20. The molecule has 0 aromatic heterocycles. The van der Waals surface area contributed by atoms with Gasteiger partial charge in [-0.05, 0) is 42.8 Å². The van der Waals surface area contributed by atoms with Gasteiger partial charge in [0, 0.05) is 10.2 Å². The van der Waals surface area contributed by atoms with E-state index in [0.29, 0.717) is 27.2 Å². The van der Waals surface area contributed by atoms with Gasteiger partial charge in [0.2, 0.25) is 0 Å². The minimum absolute atomic E-state index is 0.0199. The number of nitriles is 1. The van der Waals surface area contributed by atoms with Crippen LogP contribution in [0.5, 0.6) is 11.5 Å². The predicted octanol–water partition coefficient (Wildman–Crippen LogP) is 4.32. The molecule has 0 fully saturated rings. The maximum atomic E-state index is 12.3. The van der Waals surface area contributed by atoms with Crippen LogP contribution >= 0.6 is 15.9 Å². The summed E-state index contributed by atoms with van der Waals surface area (Å²) in [6.45, 7) is 1.96. The first-order valence-corrected chi connectivity index (χ1v) is 8.19. The van der Waals surface area contributed by atoms with Gasteiger partial charge in [-0.25, -0.2) is 0 Å². The number of hydrogen-bond donors (Lipinski definition) is 1. The minimum atomic E-state index is -0.479. The monoisotopic (exact) mass is 400 g/mol. The van der Waals surface area contributed by atoms with Gasteiger partial charge in [0.15, 0.2) is 11.5 Å². The van der Waals surface area contributed by atoms with Crippen LogP contribution in [0.2, 0.25) is 0 Å². The molecule has 0 radical (unpaired) electrons. The van der Waals surface area contributed by atoms with Crippen LogP contribution in [-0.4, -0.2) is 20.1 Å². The van der Waals surface area contributed by atoms with Crippen LogP contribution in [0.3, 0.4) is 0 Å². The van der Waals surface area contributed by atoms with Crippen LogP contribution < -0.4 is 14.8 Å². The molecule has 25 heavy (non-hydrogen) atoms. The van der Waals surface area contributed by atoms with Crippen LogP contribution in [0, 0.1) is 18.3 Å². The first-order chi connectivity index (χ1) is 12.0. The summed E-state index contributed by atoms with van der Waals surface area (Å²) in [7, 11) is 3.06. The molecule has 0 heterocycles. The third-order valence-electron chi connectivity index (χ3n) is 3.48. The molecule has 0 saturated heterocycles. The summed E-state index contributed by atoms with van der Waals surface area (Å²) >= 11 is 3.41. The third-order valence-corrected chi connectivity index (χ3v) is 4.16. The Balaban J connectivity index is 2.32.